The smallest absolute Gasteiger partial charge is 0.408 e. The maximum absolute atomic E-state index is 13.6. The number of piperidine rings is 1. The minimum Gasteiger partial charge on any atom is -0.444 e. The summed E-state index contributed by atoms with van der Waals surface area (Å²) in [7, 11) is 0. The van der Waals surface area contributed by atoms with Crippen molar-refractivity contribution in [2.75, 3.05) is 31.5 Å². The topological polar surface area (TPSA) is 305 Å². The van der Waals surface area contributed by atoms with Crippen molar-refractivity contribution in [2.24, 2.45) is 22.4 Å². The van der Waals surface area contributed by atoms with Gasteiger partial charge in [-0.3, -0.25) is 48.8 Å². The normalized spacial score (nSPS) is 14.9. The summed E-state index contributed by atoms with van der Waals surface area (Å²) in [6, 6.07) is 0.597. The summed E-state index contributed by atoms with van der Waals surface area (Å²) in [6.45, 7) is 9.36. The van der Waals surface area contributed by atoms with Crippen molar-refractivity contribution < 1.29 is 33.5 Å². The van der Waals surface area contributed by atoms with E-state index < -0.39 is 71.1 Å². The summed E-state index contributed by atoms with van der Waals surface area (Å²) in [5, 5.41) is 17.5. The number of guanidine groups is 1. The molecule has 2 heterocycles. The summed E-state index contributed by atoms with van der Waals surface area (Å²) in [5.41, 5.74) is 9.06. The van der Waals surface area contributed by atoms with Crippen molar-refractivity contribution in [3.05, 3.63) is 38.9 Å². The zero-order valence-corrected chi connectivity index (χ0v) is 33.3. The first-order chi connectivity index (χ1) is 26.9. The van der Waals surface area contributed by atoms with Crippen LogP contribution in [0, 0.1) is 5.92 Å². The summed E-state index contributed by atoms with van der Waals surface area (Å²) >= 11 is 0. The second kappa shape index (κ2) is 21.4. The van der Waals surface area contributed by atoms with Crippen molar-refractivity contribution in [1.82, 2.24) is 36.4 Å². The van der Waals surface area contributed by atoms with E-state index in [9.17, 15) is 38.4 Å². The number of carbonyl (C=O) groups excluding carboxylic acids is 6. The molecule has 1 saturated heterocycles. The molecule has 314 valence electrons. The van der Waals surface area contributed by atoms with Gasteiger partial charge in [-0.1, -0.05) is 20.3 Å². The molecule has 0 bridgehead atoms. The maximum Gasteiger partial charge on any atom is 0.408 e. The highest BCUT2D eigenvalue weighted by atomic mass is 16.6. The quantitative estimate of drug-likeness (QED) is 0.0550. The van der Waals surface area contributed by atoms with E-state index in [1.807, 2.05) is 6.92 Å². The van der Waals surface area contributed by atoms with Gasteiger partial charge >= 0.3 is 6.09 Å². The molecule has 57 heavy (non-hydrogen) atoms. The maximum atomic E-state index is 13.6. The monoisotopic (exact) mass is 799 g/mol. The Morgan fingerprint density at radius 3 is 2.16 bits per heavy atom. The van der Waals surface area contributed by atoms with E-state index >= 15 is 0 Å². The van der Waals surface area contributed by atoms with Crippen LogP contribution in [0.5, 0.6) is 0 Å². The molecule has 1 aromatic carbocycles. The van der Waals surface area contributed by atoms with Gasteiger partial charge in [-0.05, 0) is 83.4 Å². The molecule has 20 nitrogen and oxygen atoms in total. The molecule has 1 fully saturated rings. The number of likely N-dealkylation sites (tertiary alicyclic amines) is 1. The minimum absolute atomic E-state index is 0.0305. The third-order valence-electron chi connectivity index (χ3n) is 9.24. The van der Waals surface area contributed by atoms with E-state index in [0.29, 0.717) is 19.5 Å². The van der Waals surface area contributed by atoms with E-state index in [1.54, 1.807) is 32.6 Å². The Bertz CT molecular complexity index is 1890. The molecule has 0 spiro atoms. The van der Waals surface area contributed by atoms with Gasteiger partial charge < -0.3 is 47.7 Å². The molecule has 1 aliphatic heterocycles. The van der Waals surface area contributed by atoms with Gasteiger partial charge in [0, 0.05) is 31.7 Å². The van der Waals surface area contributed by atoms with Gasteiger partial charge in [0.15, 0.2) is 5.96 Å². The van der Waals surface area contributed by atoms with Crippen LogP contribution >= 0.6 is 0 Å². The van der Waals surface area contributed by atoms with Crippen molar-refractivity contribution >= 4 is 58.0 Å². The van der Waals surface area contributed by atoms with Gasteiger partial charge in [0.05, 0.1) is 17.3 Å². The van der Waals surface area contributed by atoms with E-state index in [2.05, 4.69) is 41.8 Å². The van der Waals surface area contributed by atoms with Crippen LogP contribution in [-0.4, -0.2) is 107 Å². The van der Waals surface area contributed by atoms with Crippen LogP contribution in [0.2, 0.25) is 0 Å². The van der Waals surface area contributed by atoms with Crippen LogP contribution in [-0.2, 0) is 28.7 Å². The summed E-state index contributed by atoms with van der Waals surface area (Å²) in [4.78, 5) is 110. The molecular weight excluding hydrogens is 742 g/mol. The fourth-order valence-corrected chi connectivity index (χ4v) is 6.03. The van der Waals surface area contributed by atoms with Crippen LogP contribution in [0.1, 0.15) is 86.0 Å². The second-order valence-electron chi connectivity index (χ2n) is 15.0. The molecule has 11 N–H and O–H groups in total. The standard InChI is InChI=1S/C37H57N11O9/c1-6-21(2)29(45-36(56)57-37(3,4)5)34(55)44-26(14-15-28(50)48-17-8-7-9-18-48)32(53)41-20-27(49)43-25(11-10-16-40-35(38)39)33(54)42-22-12-13-23-24(19-22)31(52)47-46-30(23)51/h12-13,19,21,25-26,29H,6-11,14-18,20H2,1-5H3,(H,41,53)(H,42,54)(H,43,49)(H,44,55)(H,45,56)(H,46,51)(H,47,52)(H4,38,39,40)/t21?,25-,26-,29-/m0/s1. The number of fused-ring (bicyclic) bond motifs is 1. The Labute approximate surface area is 330 Å². The number of rotatable bonds is 18. The Morgan fingerprint density at radius 2 is 1.53 bits per heavy atom. The number of hydrogen-bond acceptors (Lipinski definition) is 10. The van der Waals surface area contributed by atoms with E-state index in [1.165, 1.54) is 18.2 Å². The third kappa shape index (κ3) is 14.9. The van der Waals surface area contributed by atoms with Gasteiger partial charge in [0.1, 0.15) is 23.7 Å². The summed E-state index contributed by atoms with van der Waals surface area (Å²) in [6.07, 6.45) is 2.60. The number of H-pyrrole nitrogens is 2. The van der Waals surface area contributed by atoms with Crippen molar-refractivity contribution in [1.29, 1.82) is 0 Å². The molecule has 4 atom stereocenters. The SMILES string of the molecule is CCC(C)[C@H](NC(=O)OC(C)(C)C)C(=O)N[C@@H](CCC(=O)N1CCCCC1)C(=O)NCC(=O)N[C@@H](CCCN=C(N)N)C(=O)Nc1ccc2c(=O)[nH][nH]c(=O)c2c1. The lowest BCUT2D eigenvalue weighted by molar-refractivity contribution is -0.134. The number of aromatic nitrogens is 2. The fraction of sp³-hybridized carbons (Fsp3) is 0.595. The first-order valence-corrected chi connectivity index (χ1v) is 19.1. The number of nitrogens with zero attached hydrogens (tertiary/aromatic N) is 2. The number of aliphatic imine (C=N–C) groups is 1. The lowest BCUT2D eigenvalue weighted by atomic mass is 9.97. The van der Waals surface area contributed by atoms with Crippen LogP contribution < -0.4 is 49.2 Å². The second-order valence-corrected chi connectivity index (χ2v) is 15.0. The van der Waals surface area contributed by atoms with Crippen LogP contribution in [0.4, 0.5) is 10.5 Å². The van der Waals surface area contributed by atoms with Gasteiger partial charge in [0.2, 0.25) is 29.5 Å². The molecule has 1 aromatic heterocycles. The van der Waals surface area contributed by atoms with Crippen LogP contribution in [0.15, 0.2) is 32.8 Å². The average Bonchev–Trinajstić information content (AvgIpc) is 3.16. The molecule has 2 aromatic rings. The van der Waals surface area contributed by atoms with Gasteiger partial charge in [0.25, 0.3) is 11.1 Å². The lowest BCUT2D eigenvalue weighted by Crippen LogP contribution is -2.57. The number of hydrogen-bond donors (Lipinski definition) is 9. The average molecular weight is 800 g/mol. The molecule has 6 amide bonds. The predicted octanol–water partition coefficient (Wildman–Crippen LogP) is 0.0264. The zero-order chi connectivity index (χ0) is 42.3. The van der Waals surface area contributed by atoms with E-state index in [4.69, 9.17) is 16.2 Å². The Balaban J connectivity index is 1.75. The number of ether oxygens (including phenoxy) is 1. The Hall–Kier alpha value is -5.95. The number of nitrogens with one attached hydrogen (secondary N) is 7. The Kier molecular flexibility index (Phi) is 17.0. The highest BCUT2D eigenvalue weighted by molar-refractivity contribution is 5.99. The highest BCUT2D eigenvalue weighted by Crippen LogP contribution is 2.16. The van der Waals surface area contributed by atoms with Crippen molar-refractivity contribution in [3.63, 3.8) is 0 Å². The minimum atomic E-state index is -1.27. The number of carbonyl (C=O) groups is 6. The lowest BCUT2D eigenvalue weighted by Gasteiger charge is -2.29. The number of anilines is 1. The van der Waals surface area contributed by atoms with Gasteiger partial charge in [-0.25, -0.2) is 4.79 Å². The molecule has 1 aliphatic rings. The molecule has 0 radical (unpaired) electrons. The molecule has 0 aliphatic carbocycles. The number of benzene rings is 1. The molecular formula is C37H57N11O9. The first-order valence-electron chi connectivity index (χ1n) is 19.1. The largest absolute Gasteiger partial charge is 0.444 e. The summed E-state index contributed by atoms with van der Waals surface area (Å²) in [5.74, 6) is -3.58. The Morgan fingerprint density at radius 1 is 0.877 bits per heavy atom. The number of aromatic amines is 2. The van der Waals surface area contributed by atoms with Crippen molar-refractivity contribution in [3.8, 4) is 0 Å². The molecule has 20 heteroatoms. The number of nitrogens with two attached hydrogens (primary N) is 2. The van der Waals surface area contributed by atoms with Gasteiger partial charge in [-0.2, -0.15) is 0 Å². The first kappa shape index (κ1) is 45.4. The van der Waals surface area contributed by atoms with Crippen molar-refractivity contribution in [2.45, 2.75) is 110 Å². The molecule has 0 saturated carbocycles. The number of amides is 6. The summed E-state index contributed by atoms with van der Waals surface area (Å²) < 4.78 is 5.35. The van der Waals surface area contributed by atoms with Crippen LogP contribution in [0.25, 0.3) is 10.8 Å². The van der Waals surface area contributed by atoms with E-state index in [0.717, 1.165) is 19.3 Å². The van der Waals surface area contributed by atoms with Crippen LogP contribution in [0.3, 0.4) is 0 Å². The number of alkyl carbamates (subject to hydrolysis) is 1. The molecule has 3 rings (SSSR count). The molecule has 1 unspecified atom stereocenters. The zero-order valence-electron chi connectivity index (χ0n) is 33.3. The van der Waals surface area contributed by atoms with Gasteiger partial charge in [-0.15, -0.1) is 0 Å². The van der Waals surface area contributed by atoms with E-state index in [-0.39, 0.29) is 66.5 Å². The highest BCUT2D eigenvalue weighted by Gasteiger charge is 2.32. The third-order valence-corrected chi connectivity index (χ3v) is 9.24. The predicted molar refractivity (Wildman–Crippen MR) is 213 cm³/mol. The fourth-order valence-electron chi connectivity index (χ4n) is 6.03.